The highest BCUT2D eigenvalue weighted by Crippen LogP contribution is 2.34. The number of aromatic amines is 1. The fourth-order valence-corrected chi connectivity index (χ4v) is 4.78. The number of benzene rings is 2. The Morgan fingerprint density at radius 3 is 2.45 bits per heavy atom. The molecule has 8 nitrogen and oxygen atoms in total. The standard InChI is InChI=1S/C29H21BrF2N4O4/c1-14-24(16-4-6-17(31)7-5-16)27(37)25(15(2)34-14)28(38)35-18-8-9-22(20(32)12-18)40-23-10-11-33-21-13-19(30)29(39-3)36-26(21)23/h4-13H,1-3H3,(H,34,37)(H,35,38). The minimum atomic E-state index is -0.756. The van der Waals surface area contributed by atoms with Crippen LogP contribution in [0.3, 0.4) is 0 Å². The lowest BCUT2D eigenvalue weighted by molar-refractivity contribution is 0.102. The first-order chi connectivity index (χ1) is 19.2. The highest BCUT2D eigenvalue weighted by Gasteiger charge is 2.21. The Morgan fingerprint density at radius 1 is 1.00 bits per heavy atom. The summed E-state index contributed by atoms with van der Waals surface area (Å²) in [5.74, 6) is -1.48. The number of H-pyrrole nitrogens is 1. The molecule has 5 aromatic rings. The van der Waals surface area contributed by atoms with Crippen LogP contribution in [-0.2, 0) is 0 Å². The highest BCUT2D eigenvalue weighted by molar-refractivity contribution is 9.10. The second kappa shape index (κ2) is 10.9. The van der Waals surface area contributed by atoms with Crippen molar-refractivity contribution < 1.29 is 23.0 Å². The molecule has 0 unspecified atom stereocenters. The van der Waals surface area contributed by atoms with Crippen molar-refractivity contribution in [2.45, 2.75) is 13.8 Å². The van der Waals surface area contributed by atoms with Crippen molar-refractivity contribution in [1.29, 1.82) is 0 Å². The quantitative estimate of drug-likeness (QED) is 0.223. The molecule has 0 spiro atoms. The van der Waals surface area contributed by atoms with Gasteiger partial charge in [-0.1, -0.05) is 12.1 Å². The van der Waals surface area contributed by atoms with Crippen LogP contribution in [0.25, 0.3) is 22.2 Å². The molecule has 0 aliphatic rings. The van der Waals surface area contributed by atoms with E-state index in [2.05, 4.69) is 36.2 Å². The van der Waals surface area contributed by atoms with E-state index in [-0.39, 0.29) is 28.3 Å². The number of hydrogen-bond donors (Lipinski definition) is 2. The average molecular weight is 607 g/mol. The van der Waals surface area contributed by atoms with E-state index in [9.17, 15) is 14.0 Å². The van der Waals surface area contributed by atoms with Gasteiger partial charge in [0.05, 0.1) is 17.1 Å². The van der Waals surface area contributed by atoms with Crippen LogP contribution >= 0.6 is 15.9 Å². The normalized spacial score (nSPS) is 10.9. The van der Waals surface area contributed by atoms with Gasteiger partial charge in [0.1, 0.15) is 16.9 Å². The number of fused-ring (bicyclic) bond motifs is 1. The van der Waals surface area contributed by atoms with Crippen LogP contribution < -0.4 is 20.2 Å². The Bertz CT molecular complexity index is 1840. The van der Waals surface area contributed by atoms with E-state index in [4.69, 9.17) is 9.47 Å². The van der Waals surface area contributed by atoms with E-state index in [1.54, 1.807) is 26.0 Å². The lowest BCUT2D eigenvalue weighted by Crippen LogP contribution is -2.26. The Morgan fingerprint density at radius 2 is 1.75 bits per heavy atom. The first kappa shape index (κ1) is 26.9. The third-order valence-electron chi connectivity index (χ3n) is 6.14. The van der Waals surface area contributed by atoms with Crippen molar-refractivity contribution in [1.82, 2.24) is 15.0 Å². The number of aromatic nitrogens is 3. The number of ether oxygens (including phenoxy) is 2. The molecule has 202 valence electrons. The van der Waals surface area contributed by atoms with Gasteiger partial charge in [-0.05, 0) is 65.7 Å². The van der Waals surface area contributed by atoms with Gasteiger partial charge < -0.3 is 19.8 Å². The number of aryl methyl sites for hydroxylation is 2. The van der Waals surface area contributed by atoms with E-state index < -0.39 is 23.0 Å². The first-order valence-electron chi connectivity index (χ1n) is 11.9. The number of carbonyl (C=O) groups excluding carboxylic acids is 1. The number of nitrogens with zero attached hydrogens (tertiary/aromatic N) is 2. The molecule has 2 N–H and O–H groups in total. The number of rotatable bonds is 6. The van der Waals surface area contributed by atoms with E-state index >= 15 is 4.39 Å². The van der Waals surface area contributed by atoms with E-state index in [1.807, 2.05) is 0 Å². The summed E-state index contributed by atoms with van der Waals surface area (Å²) < 4.78 is 40.1. The SMILES string of the molecule is COc1nc2c(Oc3ccc(NC(=O)c4c(C)[nH]c(C)c(-c5ccc(F)cc5)c4=O)cc3F)ccnc2cc1Br. The average Bonchev–Trinajstić information content (AvgIpc) is 2.90. The minimum absolute atomic E-state index is 0.112. The van der Waals surface area contributed by atoms with Gasteiger partial charge in [0.25, 0.3) is 5.91 Å². The molecule has 3 aromatic heterocycles. The maximum absolute atomic E-state index is 15.1. The van der Waals surface area contributed by atoms with Crippen molar-refractivity contribution in [3.63, 3.8) is 0 Å². The zero-order valence-corrected chi connectivity index (χ0v) is 23.0. The van der Waals surface area contributed by atoms with Crippen molar-refractivity contribution >= 4 is 38.6 Å². The van der Waals surface area contributed by atoms with Gasteiger partial charge in [-0.2, -0.15) is 0 Å². The molecule has 0 bridgehead atoms. The van der Waals surface area contributed by atoms with Gasteiger partial charge in [-0.25, -0.2) is 13.8 Å². The third-order valence-corrected chi connectivity index (χ3v) is 6.71. The largest absolute Gasteiger partial charge is 0.480 e. The van der Waals surface area contributed by atoms with E-state index in [0.717, 1.165) is 6.07 Å². The number of amides is 1. The second-order valence-corrected chi connectivity index (χ2v) is 9.67. The smallest absolute Gasteiger partial charge is 0.261 e. The summed E-state index contributed by atoms with van der Waals surface area (Å²) >= 11 is 3.36. The molecule has 0 saturated heterocycles. The number of carbonyl (C=O) groups is 1. The molecule has 11 heteroatoms. The lowest BCUT2D eigenvalue weighted by atomic mass is 9.99. The predicted molar refractivity (Wildman–Crippen MR) is 150 cm³/mol. The molecule has 5 rings (SSSR count). The number of methoxy groups -OCH3 is 1. The van der Waals surface area contributed by atoms with Gasteiger partial charge in [-0.3, -0.25) is 14.6 Å². The molecule has 0 radical (unpaired) electrons. The van der Waals surface area contributed by atoms with Crippen LogP contribution in [0.5, 0.6) is 17.4 Å². The molecule has 3 heterocycles. The molecule has 0 atom stereocenters. The Balaban J connectivity index is 1.42. The number of anilines is 1. The van der Waals surface area contributed by atoms with Crippen LogP contribution in [0.1, 0.15) is 21.7 Å². The summed E-state index contributed by atoms with van der Waals surface area (Å²) in [5.41, 5.74) is 1.89. The number of hydrogen-bond acceptors (Lipinski definition) is 6. The van der Waals surface area contributed by atoms with Crippen LogP contribution in [0, 0.1) is 25.5 Å². The number of nitrogens with one attached hydrogen (secondary N) is 2. The van der Waals surface area contributed by atoms with Gasteiger partial charge in [0.15, 0.2) is 17.3 Å². The number of halogens is 3. The van der Waals surface area contributed by atoms with Crippen LogP contribution in [-0.4, -0.2) is 28.0 Å². The topological polar surface area (TPSA) is 106 Å². The molecule has 0 saturated carbocycles. The zero-order chi connectivity index (χ0) is 28.6. The van der Waals surface area contributed by atoms with Gasteiger partial charge in [0.2, 0.25) is 11.3 Å². The summed E-state index contributed by atoms with van der Waals surface area (Å²) in [5, 5.41) is 2.57. The monoisotopic (exact) mass is 606 g/mol. The first-order valence-corrected chi connectivity index (χ1v) is 12.7. The molecular weight excluding hydrogens is 586 g/mol. The Hall–Kier alpha value is -4.64. The molecule has 2 aromatic carbocycles. The maximum Gasteiger partial charge on any atom is 0.261 e. The fourth-order valence-electron chi connectivity index (χ4n) is 4.31. The summed E-state index contributed by atoms with van der Waals surface area (Å²) in [6, 6.07) is 12.5. The molecular formula is C29H21BrF2N4O4. The zero-order valence-electron chi connectivity index (χ0n) is 21.4. The van der Waals surface area contributed by atoms with Gasteiger partial charge in [0, 0.05) is 41.0 Å². The Kier molecular flexibility index (Phi) is 7.31. The summed E-state index contributed by atoms with van der Waals surface area (Å²) in [7, 11) is 1.47. The van der Waals surface area contributed by atoms with Crippen LogP contribution in [0.15, 0.2) is 70.1 Å². The van der Waals surface area contributed by atoms with E-state index in [1.165, 1.54) is 49.7 Å². The lowest BCUT2D eigenvalue weighted by Gasteiger charge is -2.13. The highest BCUT2D eigenvalue weighted by atomic mass is 79.9. The van der Waals surface area contributed by atoms with Crippen LogP contribution in [0.2, 0.25) is 0 Å². The number of pyridine rings is 3. The van der Waals surface area contributed by atoms with E-state index in [0.29, 0.717) is 38.3 Å². The summed E-state index contributed by atoms with van der Waals surface area (Å²) in [6.07, 6.45) is 1.51. The molecule has 0 aliphatic heterocycles. The Labute approximate surface area is 235 Å². The molecule has 0 fully saturated rings. The van der Waals surface area contributed by atoms with Crippen molar-refractivity contribution in [3.8, 4) is 28.5 Å². The summed E-state index contributed by atoms with van der Waals surface area (Å²) in [4.78, 5) is 38.1. The second-order valence-electron chi connectivity index (χ2n) is 8.82. The van der Waals surface area contributed by atoms with Crippen molar-refractivity contribution in [2.24, 2.45) is 0 Å². The predicted octanol–water partition coefficient (Wildman–Crippen LogP) is 6.70. The molecule has 1 amide bonds. The fraction of sp³-hybridized carbons (Fsp3) is 0.103. The van der Waals surface area contributed by atoms with Crippen LogP contribution in [0.4, 0.5) is 14.5 Å². The summed E-state index contributed by atoms with van der Waals surface area (Å²) in [6.45, 7) is 3.29. The van der Waals surface area contributed by atoms with Gasteiger partial charge in [-0.15, -0.1) is 0 Å². The van der Waals surface area contributed by atoms with Gasteiger partial charge >= 0.3 is 0 Å². The maximum atomic E-state index is 15.1. The third kappa shape index (κ3) is 5.15. The molecule has 40 heavy (non-hydrogen) atoms. The minimum Gasteiger partial charge on any atom is -0.480 e. The van der Waals surface area contributed by atoms with Crippen molar-refractivity contribution in [3.05, 3.63) is 104 Å². The molecule has 0 aliphatic carbocycles. The van der Waals surface area contributed by atoms with Crippen molar-refractivity contribution in [2.75, 3.05) is 12.4 Å².